The highest BCUT2D eigenvalue weighted by Gasteiger charge is 2.10. The van der Waals surface area contributed by atoms with Crippen LogP contribution in [0.2, 0.25) is 0 Å². The Labute approximate surface area is 88.9 Å². The molecular weight excluding hydrogens is 194 g/mol. The zero-order valence-corrected chi connectivity index (χ0v) is 9.44. The van der Waals surface area contributed by atoms with Crippen LogP contribution in [0.25, 0.3) is 0 Å². The third kappa shape index (κ3) is 2.02. The average molecular weight is 207 g/mol. The second-order valence-electron chi connectivity index (χ2n) is 2.93. The molecule has 0 saturated carbocycles. The molecule has 0 amide bonds. The van der Waals surface area contributed by atoms with Gasteiger partial charge in [0.1, 0.15) is 5.75 Å². The van der Waals surface area contributed by atoms with Crippen molar-refractivity contribution in [1.29, 1.82) is 5.26 Å². The zero-order valence-electron chi connectivity index (χ0n) is 8.63. The maximum absolute atomic E-state index is 8.74. The molecule has 1 aromatic rings. The molecule has 3 heteroatoms. The predicted octanol–water partition coefficient (Wildman–Crippen LogP) is 2.79. The van der Waals surface area contributed by atoms with Gasteiger partial charge in [-0.2, -0.15) is 5.26 Å². The minimum atomic E-state index is 0.404. The molecule has 0 saturated heterocycles. The van der Waals surface area contributed by atoms with E-state index in [1.165, 1.54) is 0 Å². The molecule has 1 aromatic carbocycles. The Morgan fingerprint density at radius 1 is 1.50 bits per heavy atom. The van der Waals surface area contributed by atoms with E-state index in [0.29, 0.717) is 6.42 Å². The van der Waals surface area contributed by atoms with Crippen LogP contribution in [0.1, 0.15) is 11.1 Å². The quantitative estimate of drug-likeness (QED) is 0.714. The summed E-state index contributed by atoms with van der Waals surface area (Å²) < 4.78 is 5.31. The fourth-order valence-corrected chi connectivity index (χ4v) is 2.06. The second kappa shape index (κ2) is 4.92. The van der Waals surface area contributed by atoms with Crippen molar-refractivity contribution in [1.82, 2.24) is 0 Å². The average Bonchev–Trinajstić information content (AvgIpc) is 2.19. The van der Waals surface area contributed by atoms with Gasteiger partial charge in [0.2, 0.25) is 0 Å². The first-order valence-corrected chi connectivity index (χ1v) is 5.54. The Bertz CT molecular complexity index is 368. The molecule has 0 aliphatic carbocycles. The molecule has 0 fully saturated rings. The Balaban J connectivity index is 3.29. The van der Waals surface area contributed by atoms with Crippen LogP contribution in [0.4, 0.5) is 0 Å². The van der Waals surface area contributed by atoms with Crippen LogP contribution < -0.4 is 4.74 Å². The molecule has 74 valence electrons. The molecule has 0 aliphatic heterocycles. The fraction of sp³-hybridized carbons (Fsp3) is 0.364. The minimum Gasteiger partial charge on any atom is -0.496 e. The van der Waals surface area contributed by atoms with Crippen molar-refractivity contribution in [2.24, 2.45) is 0 Å². The third-order valence-corrected chi connectivity index (χ3v) is 2.92. The smallest absolute Gasteiger partial charge is 0.127 e. The second-order valence-corrected chi connectivity index (χ2v) is 3.78. The molecule has 0 bridgehead atoms. The van der Waals surface area contributed by atoms with Gasteiger partial charge in [0.25, 0.3) is 0 Å². The number of rotatable bonds is 3. The monoisotopic (exact) mass is 207 g/mol. The summed E-state index contributed by atoms with van der Waals surface area (Å²) in [4.78, 5) is 1.12. The van der Waals surface area contributed by atoms with Gasteiger partial charge >= 0.3 is 0 Å². The molecule has 14 heavy (non-hydrogen) atoms. The molecular formula is C11H13NOS. The lowest BCUT2D eigenvalue weighted by molar-refractivity contribution is 0.406. The van der Waals surface area contributed by atoms with Gasteiger partial charge in [-0.25, -0.2) is 0 Å². The van der Waals surface area contributed by atoms with Gasteiger partial charge in [0.15, 0.2) is 0 Å². The summed E-state index contributed by atoms with van der Waals surface area (Å²) in [6.45, 7) is 1.99. The summed E-state index contributed by atoms with van der Waals surface area (Å²) in [5.41, 5.74) is 2.08. The maximum Gasteiger partial charge on any atom is 0.127 e. The molecule has 0 spiro atoms. The first-order valence-electron chi connectivity index (χ1n) is 4.32. The molecule has 0 radical (unpaired) electrons. The number of benzene rings is 1. The molecule has 0 aliphatic rings. The highest BCUT2D eigenvalue weighted by Crippen LogP contribution is 2.31. The van der Waals surface area contributed by atoms with E-state index >= 15 is 0 Å². The van der Waals surface area contributed by atoms with Crippen molar-refractivity contribution in [3.63, 3.8) is 0 Å². The van der Waals surface area contributed by atoms with Gasteiger partial charge in [-0.05, 0) is 24.8 Å². The Morgan fingerprint density at radius 3 is 2.71 bits per heavy atom. The van der Waals surface area contributed by atoms with Crippen molar-refractivity contribution in [2.75, 3.05) is 13.4 Å². The van der Waals surface area contributed by atoms with Gasteiger partial charge in [-0.3, -0.25) is 0 Å². The van der Waals surface area contributed by atoms with Crippen molar-refractivity contribution in [2.45, 2.75) is 18.2 Å². The van der Waals surface area contributed by atoms with Crippen molar-refractivity contribution < 1.29 is 4.74 Å². The van der Waals surface area contributed by atoms with Crippen LogP contribution in [0.3, 0.4) is 0 Å². The van der Waals surface area contributed by atoms with Gasteiger partial charge in [-0.15, -0.1) is 11.8 Å². The van der Waals surface area contributed by atoms with Crippen LogP contribution in [0.5, 0.6) is 5.75 Å². The minimum absolute atomic E-state index is 0.404. The Morgan fingerprint density at radius 2 is 2.21 bits per heavy atom. The van der Waals surface area contributed by atoms with Gasteiger partial charge < -0.3 is 4.74 Å². The topological polar surface area (TPSA) is 33.0 Å². The van der Waals surface area contributed by atoms with Crippen LogP contribution >= 0.6 is 11.8 Å². The predicted molar refractivity (Wildman–Crippen MR) is 58.8 cm³/mol. The number of methoxy groups -OCH3 is 1. The largest absolute Gasteiger partial charge is 0.496 e. The third-order valence-electron chi connectivity index (χ3n) is 2.09. The van der Waals surface area contributed by atoms with Gasteiger partial charge in [0, 0.05) is 10.5 Å². The summed E-state index contributed by atoms with van der Waals surface area (Å²) in [7, 11) is 1.65. The molecule has 0 N–H and O–H groups in total. The summed E-state index contributed by atoms with van der Waals surface area (Å²) in [5.74, 6) is 0.846. The van der Waals surface area contributed by atoms with Crippen LogP contribution in [0, 0.1) is 18.3 Å². The first-order chi connectivity index (χ1) is 6.74. The van der Waals surface area contributed by atoms with E-state index in [4.69, 9.17) is 10.00 Å². The summed E-state index contributed by atoms with van der Waals surface area (Å²) in [6, 6.07) is 6.22. The Hall–Kier alpha value is -1.14. The van der Waals surface area contributed by atoms with Gasteiger partial charge in [-0.1, -0.05) is 6.07 Å². The van der Waals surface area contributed by atoms with E-state index in [2.05, 4.69) is 6.07 Å². The van der Waals surface area contributed by atoms with E-state index in [9.17, 15) is 0 Å². The van der Waals surface area contributed by atoms with Crippen molar-refractivity contribution in [3.05, 3.63) is 23.3 Å². The number of hydrogen-bond donors (Lipinski definition) is 0. The van der Waals surface area contributed by atoms with E-state index < -0.39 is 0 Å². The van der Waals surface area contributed by atoms with Crippen molar-refractivity contribution >= 4 is 11.8 Å². The SMILES string of the molecule is COc1c(C)ccc(SC)c1CC#N. The molecule has 0 heterocycles. The zero-order chi connectivity index (χ0) is 10.6. The maximum atomic E-state index is 8.74. The fourth-order valence-electron chi connectivity index (χ4n) is 1.45. The van der Waals surface area contributed by atoms with Crippen LogP contribution in [-0.2, 0) is 6.42 Å². The highest BCUT2D eigenvalue weighted by molar-refractivity contribution is 7.98. The van der Waals surface area contributed by atoms with E-state index in [-0.39, 0.29) is 0 Å². The molecule has 2 nitrogen and oxygen atoms in total. The number of nitriles is 1. The van der Waals surface area contributed by atoms with Crippen LogP contribution in [0.15, 0.2) is 17.0 Å². The number of hydrogen-bond acceptors (Lipinski definition) is 3. The Kier molecular flexibility index (Phi) is 3.84. The number of thioether (sulfide) groups is 1. The number of ether oxygens (including phenoxy) is 1. The van der Waals surface area contributed by atoms with E-state index in [0.717, 1.165) is 21.8 Å². The lowest BCUT2D eigenvalue weighted by Gasteiger charge is -2.12. The molecule has 0 unspecified atom stereocenters. The molecule has 0 atom stereocenters. The normalized spacial score (nSPS) is 9.57. The standard InChI is InChI=1S/C11H13NOS/c1-8-4-5-10(14-3)9(6-7-12)11(8)13-2/h4-5H,6H2,1-3H3. The van der Waals surface area contributed by atoms with E-state index in [1.807, 2.05) is 25.3 Å². The van der Waals surface area contributed by atoms with Crippen LogP contribution in [-0.4, -0.2) is 13.4 Å². The van der Waals surface area contributed by atoms with E-state index in [1.54, 1.807) is 18.9 Å². The van der Waals surface area contributed by atoms with Crippen molar-refractivity contribution in [3.8, 4) is 11.8 Å². The summed E-state index contributed by atoms with van der Waals surface area (Å²) in [6.07, 6.45) is 2.41. The number of nitrogens with zero attached hydrogens (tertiary/aromatic N) is 1. The first kappa shape index (κ1) is 10.9. The molecule has 1 rings (SSSR count). The number of aryl methyl sites for hydroxylation is 1. The summed E-state index contributed by atoms with van der Waals surface area (Å²) in [5, 5.41) is 8.74. The lowest BCUT2D eigenvalue weighted by atomic mass is 10.1. The highest BCUT2D eigenvalue weighted by atomic mass is 32.2. The molecule has 0 aromatic heterocycles. The lowest BCUT2D eigenvalue weighted by Crippen LogP contribution is -1.96. The summed E-state index contributed by atoms with van der Waals surface area (Å²) >= 11 is 1.64. The van der Waals surface area contributed by atoms with Gasteiger partial charge in [0.05, 0.1) is 19.6 Å².